The second kappa shape index (κ2) is 4.63. The Morgan fingerprint density at radius 3 is 3.00 bits per heavy atom. The predicted octanol–water partition coefficient (Wildman–Crippen LogP) is 0.125. The summed E-state index contributed by atoms with van der Waals surface area (Å²) >= 11 is 0. The van der Waals surface area contributed by atoms with Gasteiger partial charge in [0.1, 0.15) is 6.61 Å². The molecular formula is C9H12N2O3. The van der Waals surface area contributed by atoms with Crippen LogP contribution in [0.15, 0.2) is 12.7 Å². The van der Waals surface area contributed by atoms with Gasteiger partial charge in [-0.1, -0.05) is 12.7 Å². The molecule has 0 aliphatic carbocycles. The minimum atomic E-state index is -0.767. The molecule has 0 unspecified atom stereocenters. The maximum absolute atomic E-state index is 11.2. The monoisotopic (exact) mass is 196 g/mol. The van der Waals surface area contributed by atoms with Gasteiger partial charge in [-0.05, 0) is 0 Å². The second-order valence-electron chi connectivity index (χ2n) is 3.07. The topological polar surface area (TPSA) is 73.6 Å². The highest BCUT2D eigenvalue weighted by Gasteiger charge is 2.34. The summed E-state index contributed by atoms with van der Waals surface area (Å²) in [6, 6.07) is 1.94. The van der Waals surface area contributed by atoms with Crippen LogP contribution in [0.3, 0.4) is 0 Å². The summed E-state index contributed by atoms with van der Waals surface area (Å²) in [4.78, 5) is 12.6. The molecule has 0 aromatic heterocycles. The van der Waals surface area contributed by atoms with E-state index in [2.05, 4.69) is 6.58 Å². The number of hydrogen-bond donors (Lipinski definition) is 1. The smallest absolute Gasteiger partial charge is 0.410 e. The fraction of sp³-hybridized carbons (Fsp3) is 0.556. The Morgan fingerprint density at radius 2 is 2.50 bits per heavy atom. The summed E-state index contributed by atoms with van der Waals surface area (Å²) in [5.74, 6) is -0.508. The van der Waals surface area contributed by atoms with E-state index in [1.807, 2.05) is 6.07 Å². The Morgan fingerprint density at radius 1 is 1.79 bits per heavy atom. The van der Waals surface area contributed by atoms with Crippen LogP contribution in [-0.2, 0) is 4.74 Å². The first-order valence-corrected chi connectivity index (χ1v) is 4.29. The number of nitrogens with zero attached hydrogens (tertiary/aromatic N) is 2. The lowest BCUT2D eigenvalue weighted by atomic mass is 10.1. The molecule has 5 heteroatoms. The third kappa shape index (κ3) is 2.24. The highest BCUT2D eigenvalue weighted by Crippen LogP contribution is 2.16. The number of β-amino-alcohol motifs (C(OH)–C–C–N with tert-alkyl or cyclic N) is 1. The number of aliphatic hydroxyl groups excluding tert-OH is 1. The van der Waals surface area contributed by atoms with Crippen LogP contribution >= 0.6 is 0 Å². The zero-order valence-electron chi connectivity index (χ0n) is 7.72. The number of aliphatic hydroxyl groups is 1. The molecule has 1 heterocycles. The zero-order valence-corrected chi connectivity index (χ0v) is 7.72. The molecule has 1 N–H and O–H groups in total. The molecule has 2 atom stereocenters. The standard InChI is InChI=1S/C9H12N2O3/c1-2-3-14-9(13)11-5-7(4-10)8(12)6-11/h2,7-8,12H,1,3,5-6H2/t7-,8-/m1/s1. The van der Waals surface area contributed by atoms with Crippen LogP contribution < -0.4 is 0 Å². The van der Waals surface area contributed by atoms with Crippen molar-refractivity contribution >= 4 is 6.09 Å². The second-order valence-corrected chi connectivity index (χ2v) is 3.07. The molecule has 1 fully saturated rings. The Kier molecular flexibility index (Phi) is 3.48. The Bertz CT molecular complexity index is 272. The fourth-order valence-corrected chi connectivity index (χ4v) is 1.28. The van der Waals surface area contributed by atoms with Crippen molar-refractivity contribution in [2.75, 3.05) is 19.7 Å². The summed E-state index contributed by atoms with van der Waals surface area (Å²) in [6.45, 7) is 3.94. The number of hydrogen-bond acceptors (Lipinski definition) is 4. The zero-order chi connectivity index (χ0) is 10.6. The molecule has 0 aromatic rings. The summed E-state index contributed by atoms with van der Waals surface area (Å²) in [5, 5.41) is 17.9. The lowest BCUT2D eigenvalue weighted by Gasteiger charge is -2.13. The first-order valence-electron chi connectivity index (χ1n) is 4.29. The number of ether oxygens (including phenoxy) is 1. The molecule has 0 saturated carbocycles. The number of amides is 1. The first kappa shape index (κ1) is 10.5. The number of rotatable bonds is 2. The van der Waals surface area contributed by atoms with Gasteiger partial charge in [-0.25, -0.2) is 4.79 Å². The fourth-order valence-electron chi connectivity index (χ4n) is 1.28. The molecule has 1 rings (SSSR count). The normalized spacial score (nSPS) is 25.6. The van der Waals surface area contributed by atoms with Crippen molar-refractivity contribution in [3.63, 3.8) is 0 Å². The van der Waals surface area contributed by atoms with Crippen LogP contribution in [0.2, 0.25) is 0 Å². The predicted molar refractivity (Wildman–Crippen MR) is 48.2 cm³/mol. The van der Waals surface area contributed by atoms with Gasteiger partial charge >= 0.3 is 6.09 Å². The summed E-state index contributed by atoms with van der Waals surface area (Å²) in [6.07, 6.45) is 0.185. The van der Waals surface area contributed by atoms with Crippen molar-refractivity contribution in [3.8, 4) is 6.07 Å². The van der Waals surface area contributed by atoms with Crippen molar-refractivity contribution in [3.05, 3.63) is 12.7 Å². The van der Waals surface area contributed by atoms with Crippen molar-refractivity contribution in [2.45, 2.75) is 6.10 Å². The SMILES string of the molecule is C=CCOC(=O)N1C[C@@H](O)[C@H](C#N)C1. The average molecular weight is 196 g/mol. The molecule has 1 amide bonds. The van der Waals surface area contributed by atoms with Crippen LogP contribution in [0.4, 0.5) is 4.79 Å². The third-order valence-electron chi connectivity index (χ3n) is 2.04. The molecule has 1 aliphatic rings. The summed E-state index contributed by atoms with van der Waals surface area (Å²) < 4.78 is 4.76. The van der Waals surface area contributed by atoms with E-state index in [0.717, 1.165) is 0 Å². The number of carbonyl (C=O) groups is 1. The van der Waals surface area contributed by atoms with Gasteiger partial charge in [-0.3, -0.25) is 0 Å². The van der Waals surface area contributed by atoms with Crippen LogP contribution in [0, 0.1) is 17.2 Å². The summed E-state index contributed by atoms with van der Waals surface area (Å²) in [5.41, 5.74) is 0. The molecule has 1 saturated heterocycles. The molecular weight excluding hydrogens is 184 g/mol. The Hall–Kier alpha value is -1.54. The molecule has 14 heavy (non-hydrogen) atoms. The van der Waals surface area contributed by atoms with Gasteiger partial charge in [0, 0.05) is 6.54 Å². The largest absolute Gasteiger partial charge is 0.445 e. The van der Waals surface area contributed by atoms with E-state index in [-0.39, 0.29) is 19.7 Å². The molecule has 1 aliphatic heterocycles. The Labute approximate surface area is 82.2 Å². The minimum absolute atomic E-state index is 0.142. The van der Waals surface area contributed by atoms with E-state index in [1.54, 1.807) is 0 Å². The van der Waals surface area contributed by atoms with E-state index in [9.17, 15) is 9.90 Å². The molecule has 0 bridgehead atoms. The van der Waals surface area contributed by atoms with Crippen LogP contribution in [0.5, 0.6) is 0 Å². The van der Waals surface area contributed by atoms with Gasteiger partial charge < -0.3 is 14.7 Å². The molecule has 5 nitrogen and oxygen atoms in total. The number of carbonyl (C=O) groups excluding carboxylic acids is 1. The van der Waals surface area contributed by atoms with Gasteiger partial charge in [0.25, 0.3) is 0 Å². The van der Waals surface area contributed by atoms with Crippen LogP contribution in [-0.4, -0.2) is 41.9 Å². The van der Waals surface area contributed by atoms with Gasteiger partial charge in [-0.15, -0.1) is 0 Å². The molecule has 0 aromatic carbocycles. The van der Waals surface area contributed by atoms with E-state index in [0.29, 0.717) is 0 Å². The Balaban J connectivity index is 2.45. The minimum Gasteiger partial charge on any atom is -0.445 e. The number of likely N-dealkylation sites (tertiary alicyclic amines) is 1. The lowest BCUT2D eigenvalue weighted by Crippen LogP contribution is -2.30. The lowest BCUT2D eigenvalue weighted by molar-refractivity contribution is 0.111. The van der Waals surface area contributed by atoms with Gasteiger partial charge in [0.2, 0.25) is 0 Å². The molecule has 0 spiro atoms. The molecule has 76 valence electrons. The quantitative estimate of drug-likeness (QED) is 0.637. The third-order valence-corrected chi connectivity index (χ3v) is 2.04. The van der Waals surface area contributed by atoms with Crippen molar-refractivity contribution in [2.24, 2.45) is 5.92 Å². The van der Waals surface area contributed by atoms with Gasteiger partial charge in [0.15, 0.2) is 0 Å². The van der Waals surface area contributed by atoms with Crippen molar-refractivity contribution in [1.29, 1.82) is 5.26 Å². The number of nitriles is 1. The van der Waals surface area contributed by atoms with E-state index in [4.69, 9.17) is 10.00 Å². The van der Waals surface area contributed by atoms with Crippen LogP contribution in [0.25, 0.3) is 0 Å². The van der Waals surface area contributed by atoms with E-state index in [1.165, 1.54) is 11.0 Å². The van der Waals surface area contributed by atoms with Gasteiger partial charge in [0.05, 0.1) is 24.6 Å². The van der Waals surface area contributed by atoms with Gasteiger partial charge in [-0.2, -0.15) is 5.26 Å². The maximum Gasteiger partial charge on any atom is 0.410 e. The highest BCUT2D eigenvalue weighted by molar-refractivity contribution is 5.68. The van der Waals surface area contributed by atoms with Crippen LogP contribution in [0.1, 0.15) is 0 Å². The average Bonchev–Trinajstić information content (AvgIpc) is 2.56. The van der Waals surface area contributed by atoms with E-state index >= 15 is 0 Å². The van der Waals surface area contributed by atoms with Crippen molar-refractivity contribution < 1.29 is 14.6 Å². The van der Waals surface area contributed by atoms with Crippen molar-refractivity contribution in [1.82, 2.24) is 4.90 Å². The highest BCUT2D eigenvalue weighted by atomic mass is 16.6. The maximum atomic E-state index is 11.2. The van der Waals surface area contributed by atoms with E-state index < -0.39 is 18.1 Å². The molecule has 0 radical (unpaired) electrons. The summed E-state index contributed by atoms with van der Waals surface area (Å²) in [7, 11) is 0. The first-order chi connectivity index (χ1) is 6.69.